The number of fused-ring (bicyclic) bond motifs is 2. The van der Waals surface area contributed by atoms with Gasteiger partial charge in [-0.3, -0.25) is 5.10 Å². The number of nitrogens with zero attached hydrogens (tertiary/aromatic N) is 3. The van der Waals surface area contributed by atoms with Crippen LogP contribution in [0, 0.1) is 0 Å². The smallest absolute Gasteiger partial charge is 0.224 e. The molecule has 0 saturated carbocycles. The summed E-state index contributed by atoms with van der Waals surface area (Å²) in [5.41, 5.74) is 4.51. The van der Waals surface area contributed by atoms with Gasteiger partial charge < -0.3 is 15.6 Å². The minimum absolute atomic E-state index is 0.595. The van der Waals surface area contributed by atoms with Crippen LogP contribution in [0.5, 0.6) is 0 Å². The van der Waals surface area contributed by atoms with Crippen LogP contribution >= 0.6 is 0 Å². The first-order chi connectivity index (χ1) is 13.8. The lowest BCUT2D eigenvalue weighted by Gasteiger charge is -2.09. The van der Waals surface area contributed by atoms with Crippen molar-refractivity contribution in [2.24, 2.45) is 0 Å². The van der Waals surface area contributed by atoms with E-state index >= 15 is 0 Å². The minimum atomic E-state index is 0.595. The highest BCUT2D eigenvalue weighted by molar-refractivity contribution is 5.80. The number of rotatable bonds is 6. The molecule has 2 aromatic carbocycles. The van der Waals surface area contributed by atoms with Crippen LogP contribution in [-0.2, 0) is 13.1 Å². The summed E-state index contributed by atoms with van der Waals surface area (Å²) in [6.45, 7) is 1.34. The quantitative estimate of drug-likeness (QED) is 0.362. The minimum Gasteiger partial charge on any atom is -0.366 e. The van der Waals surface area contributed by atoms with E-state index in [1.54, 1.807) is 6.20 Å². The van der Waals surface area contributed by atoms with Crippen LogP contribution < -0.4 is 10.6 Å². The summed E-state index contributed by atoms with van der Waals surface area (Å²) in [6, 6.07) is 16.5. The molecule has 5 rings (SSSR count). The second kappa shape index (κ2) is 7.03. The van der Waals surface area contributed by atoms with Crippen LogP contribution in [0.3, 0.4) is 0 Å². The highest BCUT2D eigenvalue weighted by atomic mass is 15.1. The normalized spacial score (nSPS) is 11.1. The van der Waals surface area contributed by atoms with Crippen LogP contribution in [0.1, 0.15) is 11.1 Å². The van der Waals surface area contributed by atoms with Gasteiger partial charge in [0.2, 0.25) is 5.95 Å². The molecule has 0 unspecified atom stereocenters. The van der Waals surface area contributed by atoms with Crippen molar-refractivity contribution in [2.75, 3.05) is 10.6 Å². The lowest BCUT2D eigenvalue weighted by Crippen LogP contribution is -2.06. The van der Waals surface area contributed by atoms with E-state index in [-0.39, 0.29) is 0 Å². The fourth-order valence-electron chi connectivity index (χ4n) is 3.22. The van der Waals surface area contributed by atoms with E-state index in [9.17, 15) is 0 Å². The zero-order chi connectivity index (χ0) is 18.8. The Labute approximate surface area is 161 Å². The number of hydrogen-bond acceptors (Lipinski definition) is 5. The third kappa shape index (κ3) is 3.37. The molecule has 0 saturated heterocycles. The summed E-state index contributed by atoms with van der Waals surface area (Å²) in [6.07, 6.45) is 5.53. The number of nitrogens with one attached hydrogen (secondary N) is 4. The lowest BCUT2D eigenvalue weighted by molar-refractivity contribution is 1.04. The average molecular weight is 369 g/mol. The molecule has 0 spiro atoms. The van der Waals surface area contributed by atoms with Crippen molar-refractivity contribution in [2.45, 2.75) is 13.1 Å². The number of hydrogen-bond donors (Lipinski definition) is 4. The first-order valence-electron chi connectivity index (χ1n) is 9.12. The molecule has 0 aliphatic rings. The van der Waals surface area contributed by atoms with Crippen molar-refractivity contribution >= 4 is 33.6 Å². The van der Waals surface area contributed by atoms with Gasteiger partial charge in [-0.2, -0.15) is 10.1 Å². The van der Waals surface area contributed by atoms with Crippen LogP contribution in [-0.4, -0.2) is 25.1 Å². The Hall–Kier alpha value is -3.87. The fourth-order valence-corrected chi connectivity index (χ4v) is 3.22. The first-order valence-corrected chi connectivity index (χ1v) is 9.12. The molecule has 0 atom stereocenters. The molecule has 4 N–H and O–H groups in total. The molecule has 3 heterocycles. The van der Waals surface area contributed by atoms with Crippen molar-refractivity contribution in [1.29, 1.82) is 0 Å². The molecule has 3 aromatic heterocycles. The molecular weight excluding hydrogens is 350 g/mol. The van der Waals surface area contributed by atoms with E-state index in [0.29, 0.717) is 19.0 Å². The molecule has 0 bridgehead atoms. The summed E-state index contributed by atoms with van der Waals surface area (Å²) < 4.78 is 0. The van der Waals surface area contributed by atoms with Crippen molar-refractivity contribution in [3.05, 3.63) is 78.2 Å². The SMILES string of the molecule is c1cc(NCc2ccc3cc[nH]c3c2)nc(NCc2ccc3[nH]ncc3c2)n1. The Morgan fingerprint density at radius 2 is 1.71 bits per heavy atom. The Bertz CT molecular complexity index is 1140. The molecule has 0 aliphatic heterocycles. The molecule has 0 amide bonds. The average Bonchev–Trinajstić information content (AvgIpc) is 3.39. The van der Waals surface area contributed by atoms with Crippen molar-refractivity contribution < 1.29 is 0 Å². The van der Waals surface area contributed by atoms with Crippen molar-refractivity contribution in [3.8, 4) is 0 Å². The van der Waals surface area contributed by atoms with Crippen molar-refractivity contribution in [1.82, 2.24) is 25.1 Å². The molecule has 5 aromatic rings. The van der Waals surface area contributed by atoms with Crippen LogP contribution in [0.2, 0.25) is 0 Å². The molecule has 0 radical (unpaired) electrons. The Morgan fingerprint density at radius 3 is 2.71 bits per heavy atom. The number of aromatic nitrogens is 5. The molecular formula is C21H19N7. The van der Waals surface area contributed by atoms with E-state index in [1.165, 1.54) is 10.9 Å². The topological polar surface area (TPSA) is 94.3 Å². The molecule has 7 heteroatoms. The summed E-state index contributed by atoms with van der Waals surface area (Å²) in [7, 11) is 0. The highest BCUT2D eigenvalue weighted by Crippen LogP contribution is 2.16. The molecule has 0 fully saturated rings. The largest absolute Gasteiger partial charge is 0.366 e. The van der Waals surface area contributed by atoms with E-state index in [2.05, 4.69) is 72.2 Å². The third-order valence-electron chi connectivity index (χ3n) is 4.70. The summed E-state index contributed by atoms with van der Waals surface area (Å²) in [5.74, 6) is 1.38. The van der Waals surface area contributed by atoms with Gasteiger partial charge in [-0.05, 0) is 46.8 Å². The van der Waals surface area contributed by atoms with Gasteiger partial charge in [0.05, 0.1) is 11.7 Å². The van der Waals surface area contributed by atoms with Gasteiger partial charge in [-0.1, -0.05) is 18.2 Å². The monoisotopic (exact) mass is 369 g/mol. The molecule has 28 heavy (non-hydrogen) atoms. The third-order valence-corrected chi connectivity index (χ3v) is 4.70. The van der Waals surface area contributed by atoms with Crippen LogP contribution in [0.25, 0.3) is 21.8 Å². The Morgan fingerprint density at radius 1 is 0.821 bits per heavy atom. The number of anilines is 2. The van der Waals surface area contributed by atoms with Gasteiger partial charge in [-0.25, -0.2) is 4.98 Å². The molecule has 0 aliphatic carbocycles. The summed E-state index contributed by atoms with van der Waals surface area (Å²) in [4.78, 5) is 12.1. The van der Waals surface area contributed by atoms with Crippen molar-refractivity contribution in [3.63, 3.8) is 0 Å². The maximum atomic E-state index is 4.55. The maximum absolute atomic E-state index is 4.55. The first kappa shape index (κ1) is 16.3. The predicted octanol–water partition coefficient (Wildman–Crippen LogP) is 4.06. The number of H-pyrrole nitrogens is 2. The Kier molecular flexibility index (Phi) is 4.10. The zero-order valence-electron chi connectivity index (χ0n) is 15.1. The van der Waals surface area contributed by atoms with Gasteiger partial charge in [0.25, 0.3) is 0 Å². The summed E-state index contributed by atoms with van der Waals surface area (Å²) in [5, 5.41) is 16.0. The van der Waals surface area contributed by atoms with E-state index in [4.69, 9.17) is 0 Å². The van der Waals surface area contributed by atoms with Gasteiger partial charge in [0.15, 0.2) is 0 Å². The van der Waals surface area contributed by atoms with E-state index < -0.39 is 0 Å². The lowest BCUT2D eigenvalue weighted by atomic mass is 10.1. The Balaban J connectivity index is 1.23. The molecule has 138 valence electrons. The summed E-state index contributed by atoms with van der Waals surface area (Å²) >= 11 is 0. The highest BCUT2D eigenvalue weighted by Gasteiger charge is 2.03. The second-order valence-electron chi connectivity index (χ2n) is 6.66. The van der Waals surface area contributed by atoms with Gasteiger partial charge in [0.1, 0.15) is 5.82 Å². The second-order valence-corrected chi connectivity index (χ2v) is 6.66. The van der Waals surface area contributed by atoms with Gasteiger partial charge >= 0.3 is 0 Å². The maximum Gasteiger partial charge on any atom is 0.224 e. The predicted molar refractivity (Wildman–Crippen MR) is 111 cm³/mol. The molecule has 7 nitrogen and oxygen atoms in total. The van der Waals surface area contributed by atoms with Crippen LogP contribution in [0.4, 0.5) is 11.8 Å². The standard InChI is InChI=1S/C21H19N7/c1-3-16-5-7-22-19(16)10-15(1)11-24-20-6-8-23-21(27-20)25-12-14-2-4-18-17(9-14)13-26-28-18/h1-10,13,22H,11-12H2,(H,26,28)(H2,23,24,25,27). The fraction of sp³-hybridized carbons (Fsp3) is 0.0952. The van der Waals surface area contributed by atoms with Crippen LogP contribution in [0.15, 0.2) is 67.1 Å². The van der Waals surface area contributed by atoms with Gasteiger partial charge in [0, 0.05) is 36.4 Å². The van der Waals surface area contributed by atoms with E-state index in [1.807, 2.05) is 24.5 Å². The van der Waals surface area contributed by atoms with E-state index in [0.717, 1.165) is 27.8 Å². The number of benzene rings is 2. The zero-order valence-corrected chi connectivity index (χ0v) is 15.1. The van der Waals surface area contributed by atoms with Gasteiger partial charge in [-0.15, -0.1) is 0 Å². The number of aromatic amines is 2.